The van der Waals surface area contributed by atoms with E-state index in [1.54, 1.807) is 18.2 Å². The van der Waals surface area contributed by atoms with Crippen molar-refractivity contribution in [3.8, 4) is 17.6 Å². The highest BCUT2D eigenvalue weighted by Crippen LogP contribution is 2.35. The molecule has 0 spiro atoms. The van der Waals surface area contributed by atoms with Gasteiger partial charge in [0.2, 0.25) is 6.79 Å². The van der Waals surface area contributed by atoms with Crippen LogP contribution in [-0.2, 0) is 4.79 Å². The Morgan fingerprint density at radius 2 is 2.16 bits per heavy atom. The molecular formula is C15H17NO3. The summed E-state index contributed by atoms with van der Waals surface area (Å²) in [6.45, 7) is 2.28. The van der Waals surface area contributed by atoms with Crippen LogP contribution in [0.25, 0.3) is 0 Å². The van der Waals surface area contributed by atoms with Crippen molar-refractivity contribution >= 4 is 5.78 Å². The predicted octanol–water partition coefficient (Wildman–Crippen LogP) is 3.17. The first-order valence-electron chi connectivity index (χ1n) is 6.58. The number of benzene rings is 1. The average molecular weight is 259 g/mol. The molecule has 1 aliphatic rings. The molecule has 19 heavy (non-hydrogen) atoms. The van der Waals surface area contributed by atoms with Crippen molar-refractivity contribution in [2.75, 3.05) is 6.79 Å². The van der Waals surface area contributed by atoms with Crippen LogP contribution in [0.4, 0.5) is 0 Å². The van der Waals surface area contributed by atoms with Gasteiger partial charge in [0.15, 0.2) is 17.3 Å². The van der Waals surface area contributed by atoms with Crippen LogP contribution in [0.5, 0.6) is 11.5 Å². The number of unbranched alkanes of at least 4 members (excludes halogenated alkanes) is 2. The summed E-state index contributed by atoms with van der Waals surface area (Å²) in [6, 6.07) is 7.33. The first-order chi connectivity index (χ1) is 9.26. The largest absolute Gasteiger partial charge is 0.454 e. The minimum atomic E-state index is -0.702. The van der Waals surface area contributed by atoms with Gasteiger partial charge >= 0.3 is 0 Å². The summed E-state index contributed by atoms with van der Waals surface area (Å²) in [4.78, 5) is 12.1. The van der Waals surface area contributed by atoms with E-state index in [0.717, 1.165) is 19.3 Å². The fourth-order valence-electron chi connectivity index (χ4n) is 2.12. The summed E-state index contributed by atoms with van der Waals surface area (Å²) in [5.74, 6) is 0.555. The van der Waals surface area contributed by atoms with Crippen LogP contribution >= 0.6 is 0 Å². The Kier molecular flexibility index (Phi) is 4.40. The number of hydrogen-bond acceptors (Lipinski definition) is 4. The van der Waals surface area contributed by atoms with E-state index in [4.69, 9.17) is 9.47 Å². The SMILES string of the molecule is CCCCCC(=O)C(C#N)c1ccc2c(c1)OCO2. The number of fused-ring (bicyclic) bond motifs is 1. The number of nitriles is 1. The molecule has 0 aromatic heterocycles. The van der Waals surface area contributed by atoms with Gasteiger partial charge in [0.05, 0.1) is 6.07 Å². The molecule has 2 rings (SSSR count). The summed E-state index contributed by atoms with van der Waals surface area (Å²) >= 11 is 0. The van der Waals surface area contributed by atoms with Crippen LogP contribution in [0, 0.1) is 11.3 Å². The Morgan fingerprint density at radius 3 is 2.89 bits per heavy atom. The number of hydrogen-bond donors (Lipinski definition) is 0. The molecule has 0 N–H and O–H groups in total. The van der Waals surface area contributed by atoms with Crippen molar-refractivity contribution in [2.45, 2.75) is 38.5 Å². The van der Waals surface area contributed by atoms with E-state index in [-0.39, 0.29) is 12.6 Å². The van der Waals surface area contributed by atoms with E-state index in [0.29, 0.717) is 23.5 Å². The van der Waals surface area contributed by atoms with Gasteiger partial charge < -0.3 is 9.47 Å². The van der Waals surface area contributed by atoms with Crippen LogP contribution in [0.2, 0.25) is 0 Å². The lowest BCUT2D eigenvalue weighted by molar-refractivity contribution is -0.119. The molecule has 0 amide bonds. The zero-order valence-electron chi connectivity index (χ0n) is 11.0. The van der Waals surface area contributed by atoms with Crippen LogP contribution in [0.15, 0.2) is 18.2 Å². The molecule has 0 radical (unpaired) electrons. The smallest absolute Gasteiger partial charge is 0.231 e. The van der Waals surface area contributed by atoms with Crippen LogP contribution in [0.3, 0.4) is 0 Å². The first-order valence-corrected chi connectivity index (χ1v) is 6.58. The number of Topliss-reactive ketones (excluding diaryl/α,β-unsaturated/α-hetero) is 1. The second kappa shape index (κ2) is 6.24. The summed E-state index contributed by atoms with van der Waals surface area (Å²) in [5, 5.41) is 9.21. The number of carbonyl (C=O) groups is 1. The van der Waals surface area contributed by atoms with E-state index >= 15 is 0 Å². The Bertz CT molecular complexity index is 505. The summed E-state index contributed by atoms with van der Waals surface area (Å²) in [7, 11) is 0. The van der Waals surface area contributed by atoms with Gasteiger partial charge in [-0.2, -0.15) is 5.26 Å². The van der Waals surface area contributed by atoms with Crippen molar-refractivity contribution in [2.24, 2.45) is 0 Å². The quantitative estimate of drug-likeness (QED) is 0.736. The van der Waals surface area contributed by atoms with Crippen molar-refractivity contribution in [1.29, 1.82) is 5.26 Å². The van der Waals surface area contributed by atoms with Crippen molar-refractivity contribution in [1.82, 2.24) is 0 Å². The highest BCUT2D eigenvalue weighted by Gasteiger charge is 2.22. The normalized spacial score (nSPS) is 13.9. The second-order valence-electron chi connectivity index (χ2n) is 4.60. The fourth-order valence-corrected chi connectivity index (χ4v) is 2.12. The van der Waals surface area contributed by atoms with Crippen LogP contribution in [0.1, 0.15) is 44.1 Å². The summed E-state index contributed by atoms with van der Waals surface area (Å²) in [6.07, 6.45) is 3.39. The van der Waals surface area contributed by atoms with Gasteiger partial charge in [-0.25, -0.2) is 0 Å². The van der Waals surface area contributed by atoms with Crippen molar-refractivity contribution in [3.63, 3.8) is 0 Å². The minimum absolute atomic E-state index is 0.0187. The van der Waals surface area contributed by atoms with Gasteiger partial charge in [0.25, 0.3) is 0 Å². The van der Waals surface area contributed by atoms with Gasteiger partial charge in [-0.3, -0.25) is 4.79 Å². The zero-order chi connectivity index (χ0) is 13.7. The predicted molar refractivity (Wildman–Crippen MR) is 70.1 cm³/mol. The molecule has 1 aliphatic heterocycles. The third kappa shape index (κ3) is 3.05. The molecular weight excluding hydrogens is 242 g/mol. The van der Waals surface area contributed by atoms with Gasteiger partial charge in [0, 0.05) is 6.42 Å². The third-order valence-electron chi connectivity index (χ3n) is 3.21. The highest BCUT2D eigenvalue weighted by atomic mass is 16.7. The molecule has 0 bridgehead atoms. The van der Waals surface area contributed by atoms with E-state index in [9.17, 15) is 10.1 Å². The van der Waals surface area contributed by atoms with E-state index in [1.807, 2.05) is 0 Å². The van der Waals surface area contributed by atoms with E-state index in [2.05, 4.69) is 13.0 Å². The average Bonchev–Trinajstić information content (AvgIpc) is 2.87. The Hall–Kier alpha value is -2.02. The molecule has 1 heterocycles. The molecule has 4 nitrogen and oxygen atoms in total. The van der Waals surface area contributed by atoms with Gasteiger partial charge in [-0.05, 0) is 24.1 Å². The molecule has 1 aromatic carbocycles. The fraction of sp³-hybridized carbons (Fsp3) is 0.467. The summed E-state index contributed by atoms with van der Waals surface area (Å²) < 4.78 is 10.5. The number of ketones is 1. The van der Waals surface area contributed by atoms with E-state index < -0.39 is 5.92 Å². The molecule has 0 aliphatic carbocycles. The topological polar surface area (TPSA) is 59.3 Å². The lowest BCUT2D eigenvalue weighted by Crippen LogP contribution is -2.10. The van der Waals surface area contributed by atoms with Crippen LogP contribution < -0.4 is 9.47 Å². The lowest BCUT2D eigenvalue weighted by Gasteiger charge is -2.09. The Balaban J connectivity index is 2.09. The molecule has 1 atom stereocenters. The monoisotopic (exact) mass is 259 g/mol. The highest BCUT2D eigenvalue weighted by molar-refractivity contribution is 5.88. The number of rotatable bonds is 6. The Morgan fingerprint density at radius 1 is 1.37 bits per heavy atom. The number of carbonyl (C=O) groups excluding carboxylic acids is 1. The van der Waals surface area contributed by atoms with E-state index in [1.165, 1.54) is 0 Å². The van der Waals surface area contributed by atoms with Crippen LogP contribution in [-0.4, -0.2) is 12.6 Å². The number of nitrogens with zero attached hydrogens (tertiary/aromatic N) is 1. The molecule has 0 fully saturated rings. The minimum Gasteiger partial charge on any atom is -0.454 e. The molecule has 100 valence electrons. The second-order valence-corrected chi connectivity index (χ2v) is 4.60. The maximum Gasteiger partial charge on any atom is 0.231 e. The zero-order valence-corrected chi connectivity index (χ0v) is 11.0. The van der Waals surface area contributed by atoms with Gasteiger partial charge in [-0.1, -0.05) is 25.8 Å². The molecule has 4 heteroatoms. The van der Waals surface area contributed by atoms with Gasteiger partial charge in [0.1, 0.15) is 5.92 Å². The molecule has 0 saturated heterocycles. The summed E-state index contributed by atoms with van der Waals surface area (Å²) in [5.41, 5.74) is 0.688. The maximum absolute atomic E-state index is 12.1. The lowest BCUT2D eigenvalue weighted by atomic mass is 9.93. The van der Waals surface area contributed by atoms with Crippen molar-refractivity contribution < 1.29 is 14.3 Å². The number of ether oxygens (including phenoxy) is 2. The molecule has 0 saturated carbocycles. The molecule has 1 aromatic rings. The molecule has 1 unspecified atom stereocenters. The van der Waals surface area contributed by atoms with Crippen molar-refractivity contribution in [3.05, 3.63) is 23.8 Å². The van der Waals surface area contributed by atoms with Gasteiger partial charge in [-0.15, -0.1) is 0 Å². The standard InChI is InChI=1S/C15H17NO3/c1-2-3-4-5-13(17)12(9-16)11-6-7-14-15(8-11)19-10-18-14/h6-8,12H,2-5,10H2,1H3. The first kappa shape index (κ1) is 13.4. The third-order valence-corrected chi connectivity index (χ3v) is 3.21. The maximum atomic E-state index is 12.1. The Labute approximate surface area is 112 Å².